The van der Waals surface area contributed by atoms with E-state index in [9.17, 15) is 9.59 Å². The Kier molecular flexibility index (Phi) is 4.00. The fourth-order valence-corrected chi connectivity index (χ4v) is 4.06. The molecule has 132 valence electrons. The highest BCUT2D eigenvalue weighted by Crippen LogP contribution is 2.44. The molecule has 0 bridgehead atoms. The van der Waals surface area contributed by atoms with Crippen molar-refractivity contribution in [2.75, 3.05) is 6.61 Å². The number of aromatic amines is 1. The molecule has 0 radical (unpaired) electrons. The van der Waals surface area contributed by atoms with Gasteiger partial charge >= 0.3 is 5.97 Å². The van der Waals surface area contributed by atoms with E-state index in [0.717, 1.165) is 10.3 Å². The normalized spacial score (nSPS) is 16.3. The van der Waals surface area contributed by atoms with Crippen molar-refractivity contribution in [2.45, 2.75) is 12.8 Å². The van der Waals surface area contributed by atoms with Crippen molar-refractivity contribution >= 4 is 28.2 Å². The number of hydrogen-bond donors (Lipinski definition) is 2. The summed E-state index contributed by atoms with van der Waals surface area (Å²) in [6.45, 7) is 1.92. The van der Waals surface area contributed by atoms with Gasteiger partial charge in [0, 0.05) is 10.3 Å². The maximum absolute atomic E-state index is 12.9. The first-order chi connectivity index (χ1) is 12.6. The van der Waals surface area contributed by atoms with Crippen molar-refractivity contribution in [3.05, 3.63) is 74.0 Å². The van der Waals surface area contributed by atoms with Crippen LogP contribution in [0.2, 0.25) is 0 Å². The van der Waals surface area contributed by atoms with Crippen molar-refractivity contribution in [1.82, 2.24) is 4.98 Å². The number of hydrogen-bond acceptors (Lipinski definition) is 6. The van der Waals surface area contributed by atoms with Gasteiger partial charge in [0.15, 0.2) is 0 Å². The number of pyridine rings is 1. The first kappa shape index (κ1) is 16.4. The SMILES string of the molecule is CCOC(=O)C1=C(N)Oc2c(c(=O)[nH]c3ccccc23)[C@H]1c1cccs1. The van der Waals surface area contributed by atoms with Crippen molar-refractivity contribution in [3.63, 3.8) is 0 Å². The Hall–Kier alpha value is -3.06. The van der Waals surface area contributed by atoms with Crippen LogP contribution in [0, 0.1) is 0 Å². The Bertz CT molecular complexity index is 1080. The first-order valence-electron chi connectivity index (χ1n) is 8.14. The molecule has 3 heterocycles. The maximum atomic E-state index is 12.9. The number of H-pyrrole nitrogens is 1. The van der Waals surface area contributed by atoms with Crippen LogP contribution in [0.1, 0.15) is 23.3 Å². The third-order valence-corrected chi connectivity index (χ3v) is 5.22. The van der Waals surface area contributed by atoms with Crippen LogP contribution in [-0.2, 0) is 9.53 Å². The molecule has 0 saturated heterocycles. The zero-order chi connectivity index (χ0) is 18.3. The van der Waals surface area contributed by atoms with Crippen LogP contribution in [0.4, 0.5) is 0 Å². The van der Waals surface area contributed by atoms with Gasteiger partial charge in [0.2, 0.25) is 5.88 Å². The molecule has 1 aliphatic heterocycles. The Balaban J connectivity index is 2.03. The number of ether oxygens (including phenoxy) is 2. The van der Waals surface area contributed by atoms with Crippen LogP contribution < -0.4 is 16.0 Å². The van der Waals surface area contributed by atoms with Gasteiger partial charge in [-0.2, -0.15) is 0 Å². The topological polar surface area (TPSA) is 94.4 Å². The van der Waals surface area contributed by atoms with E-state index in [2.05, 4.69) is 4.98 Å². The smallest absolute Gasteiger partial charge is 0.340 e. The molecule has 1 atom stereocenters. The minimum absolute atomic E-state index is 0.0369. The predicted octanol–water partition coefficient (Wildman–Crippen LogP) is 2.85. The molecule has 1 aliphatic rings. The molecule has 6 nitrogen and oxygen atoms in total. The van der Waals surface area contributed by atoms with Gasteiger partial charge in [0.05, 0.1) is 23.6 Å². The molecule has 0 unspecified atom stereocenters. The zero-order valence-corrected chi connectivity index (χ0v) is 14.8. The summed E-state index contributed by atoms with van der Waals surface area (Å²) in [5, 5.41) is 2.62. The number of fused-ring (bicyclic) bond motifs is 3. The van der Waals surface area contributed by atoms with Gasteiger partial charge in [-0.05, 0) is 30.5 Å². The summed E-state index contributed by atoms with van der Waals surface area (Å²) in [5.41, 5.74) is 6.96. The molecule has 0 saturated carbocycles. The van der Waals surface area contributed by atoms with Crippen LogP contribution in [0.3, 0.4) is 0 Å². The lowest BCUT2D eigenvalue weighted by molar-refractivity contribution is -0.139. The van der Waals surface area contributed by atoms with E-state index in [1.165, 1.54) is 11.3 Å². The highest BCUT2D eigenvalue weighted by molar-refractivity contribution is 7.10. The quantitative estimate of drug-likeness (QED) is 0.693. The molecular formula is C19H16N2O4S. The van der Waals surface area contributed by atoms with Crippen LogP contribution in [-0.4, -0.2) is 17.6 Å². The third kappa shape index (κ3) is 2.48. The molecule has 3 N–H and O–H groups in total. The fraction of sp³-hybridized carbons (Fsp3) is 0.158. The van der Waals surface area contributed by atoms with E-state index >= 15 is 0 Å². The second-order valence-electron chi connectivity index (χ2n) is 5.79. The molecule has 1 aromatic carbocycles. The van der Waals surface area contributed by atoms with Crippen molar-refractivity contribution in [1.29, 1.82) is 0 Å². The van der Waals surface area contributed by atoms with E-state index in [-0.39, 0.29) is 23.6 Å². The molecule has 7 heteroatoms. The Morgan fingerprint density at radius 2 is 2.12 bits per heavy atom. The molecule has 3 aromatic rings. The van der Waals surface area contributed by atoms with Gasteiger partial charge in [-0.25, -0.2) is 4.79 Å². The monoisotopic (exact) mass is 368 g/mol. The Labute approximate surface area is 152 Å². The summed E-state index contributed by atoms with van der Waals surface area (Å²) >= 11 is 1.44. The first-order valence-corrected chi connectivity index (χ1v) is 9.02. The van der Waals surface area contributed by atoms with Crippen LogP contribution in [0.5, 0.6) is 5.75 Å². The van der Waals surface area contributed by atoms with Gasteiger partial charge in [-0.3, -0.25) is 4.79 Å². The van der Waals surface area contributed by atoms with E-state index in [1.54, 1.807) is 13.0 Å². The number of thiophene rings is 1. The second kappa shape index (κ2) is 6.34. The van der Waals surface area contributed by atoms with Crippen LogP contribution in [0.25, 0.3) is 10.9 Å². The fourth-order valence-electron chi connectivity index (χ4n) is 3.22. The number of benzene rings is 1. The van der Waals surface area contributed by atoms with Crippen LogP contribution >= 0.6 is 11.3 Å². The van der Waals surface area contributed by atoms with Gasteiger partial charge in [0.1, 0.15) is 11.3 Å². The lowest BCUT2D eigenvalue weighted by atomic mass is 9.87. The summed E-state index contributed by atoms with van der Waals surface area (Å²) in [4.78, 5) is 29.1. The Morgan fingerprint density at radius 1 is 1.31 bits per heavy atom. The number of rotatable bonds is 3. The lowest BCUT2D eigenvalue weighted by Crippen LogP contribution is -2.31. The molecule has 0 fully saturated rings. The van der Waals surface area contributed by atoms with Gasteiger partial charge in [-0.15, -0.1) is 11.3 Å². The molecule has 0 spiro atoms. The van der Waals surface area contributed by atoms with E-state index in [4.69, 9.17) is 15.2 Å². The highest BCUT2D eigenvalue weighted by atomic mass is 32.1. The standard InChI is InChI=1S/C19H16N2O4S/c1-2-24-19(23)15-13(12-8-5-9-26-12)14-16(25-17(15)20)10-6-3-4-7-11(10)21-18(14)22/h3-9,13H,2,20H2,1H3,(H,21,22)/t13-/m1/s1. The molecule has 0 amide bonds. The number of aromatic nitrogens is 1. The predicted molar refractivity (Wildman–Crippen MR) is 99.2 cm³/mol. The molecular weight excluding hydrogens is 352 g/mol. The van der Waals surface area contributed by atoms with Crippen LogP contribution in [0.15, 0.2) is 58.0 Å². The third-order valence-electron chi connectivity index (χ3n) is 4.29. The summed E-state index contributed by atoms with van der Waals surface area (Å²) in [6.07, 6.45) is 0. The summed E-state index contributed by atoms with van der Waals surface area (Å²) < 4.78 is 10.9. The highest BCUT2D eigenvalue weighted by Gasteiger charge is 2.38. The average molecular weight is 368 g/mol. The average Bonchev–Trinajstić information content (AvgIpc) is 3.15. The van der Waals surface area contributed by atoms with Crippen molar-refractivity contribution < 1.29 is 14.3 Å². The van der Waals surface area contributed by atoms with E-state index in [1.807, 2.05) is 35.7 Å². The van der Waals surface area contributed by atoms with Crippen molar-refractivity contribution in [2.24, 2.45) is 5.73 Å². The summed E-state index contributed by atoms with van der Waals surface area (Å²) in [5.74, 6) is -0.869. The number of carbonyl (C=O) groups excluding carboxylic acids is 1. The Morgan fingerprint density at radius 3 is 2.85 bits per heavy atom. The van der Waals surface area contributed by atoms with E-state index in [0.29, 0.717) is 16.8 Å². The zero-order valence-electron chi connectivity index (χ0n) is 13.9. The molecule has 0 aliphatic carbocycles. The second-order valence-corrected chi connectivity index (χ2v) is 6.77. The van der Waals surface area contributed by atoms with Crippen molar-refractivity contribution in [3.8, 4) is 5.75 Å². The molecule has 2 aromatic heterocycles. The number of carbonyl (C=O) groups is 1. The van der Waals surface area contributed by atoms with Gasteiger partial charge in [0.25, 0.3) is 5.56 Å². The summed E-state index contributed by atoms with van der Waals surface area (Å²) in [6, 6.07) is 11.0. The number of nitrogens with one attached hydrogen (secondary N) is 1. The number of esters is 1. The number of nitrogens with two attached hydrogens (primary N) is 1. The van der Waals surface area contributed by atoms with E-state index < -0.39 is 11.9 Å². The molecule has 4 rings (SSSR count). The number of para-hydroxylation sites is 1. The largest absolute Gasteiger partial charge is 0.462 e. The lowest BCUT2D eigenvalue weighted by Gasteiger charge is -2.27. The van der Waals surface area contributed by atoms with Gasteiger partial charge in [-0.1, -0.05) is 18.2 Å². The minimum Gasteiger partial charge on any atom is -0.462 e. The summed E-state index contributed by atoms with van der Waals surface area (Å²) in [7, 11) is 0. The van der Waals surface area contributed by atoms with Gasteiger partial charge < -0.3 is 20.2 Å². The molecule has 26 heavy (non-hydrogen) atoms. The minimum atomic E-state index is -0.633. The maximum Gasteiger partial charge on any atom is 0.340 e.